The molecule has 2 aliphatic heterocycles. The lowest BCUT2D eigenvalue weighted by molar-refractivity contribution is -0.193. The van der Waals surface area contributed by atoms with E-state index in [4.69, 9.17) is 34.4 Å². The molecule has 266 valence electrons. The van der Waals surface area contributed by atoms with Crippen LogP contribution in [-0.4, -0.2) is 106 Å². The number of carboxylic acids is 3. The molecule has 47 heavy (non-hydrogen) atoms. The van der Waals surface area contributed by atoms with Crippen LogP contribution in [0.3, 0.4) is 0 Å². The van der Waals surface area contributed by atoms with Gasteiger partial charge >= 0.3 is 36.4 Å². The molecule has 1 spiro atoms. The molecule has 2 aliphatic rings. The van der Waals surface area contributed by atoms with Gasteiger partial charge < -0.3 is 20.1 Å². The minimum absolute atomic E-state index is 0.413. The number of nitrogens with zero attached hydrogens (tertiary/aromatic N) is 3. The number of hydrogen-bond donors (Lipinski definition) is 3. The molecule has 3 N–H and O–H groups in total. The van der Waals surface area contributed by atoms with Crippen molar-refractivity contribution in [3.63, 3.8) is 0 Å². The Labute approximate surface area is 266 Å². The number of carbonyl (C=O) groups is 3. The summed E-state index contributed by atoms with van der Waals surface area (Å²) in [4.78, 5) is 36.4. The standard InChI is InChI=1S/C21H29N3OS.3C2HF3O2/c1-25-15-19-13-24(14-20-4-2-3-8-22-20)17-21(19)6-9-23(10-7-21)12-18-5-11-26-16-18;3*3-2(4,5)1(6)7/h2-5,8,11,16,19H,6-7,9-10,12-15,17H2,1H3;3*(H,6,7). The molecule has 1 unspecified atom stereocenters. The van der Waals surface area contributed by atoms with Crippen molar-refractivity contribution in [1.82, 2.24) is 14.8 Å². The number of likely N-dealkylation sites (tertiary alicyclic amines) is 2. The van der Waals surface area contributed by atoms with Crippen molar-refractivity contribution in [3.05, 3.63) is 52.5 Å². The summed E-state index contributed by atoms with van der Waals surface area (Å²) in [5.74, 6) is -7.63. The molecule has 20 heteroatoms. The average molecular weight is 714 g/mol. The molecular weight excluding hydrogens is 681 g/mol. The Morgan fingerprint density at radius 2 is 1.38 bits per heavy atom. The Morgan fingerprint density at radius 3 is 1.77 bits per heavy atom. The molecule has 2 aromatic rings. The minimum atomic E-state index is -5.08. The number of ether oxygens (including phenoxy) is 1. The van der Waals surface area contributed by atoms with E-state index in [1.807, 2.05) is 19.4 Å². The predicted octanol–water partition coefficient (Wildman–Crippen LogP) is 5.40. The Kier molecular flexibility index (Phi) is 16.0. The zero-order valence-corrected chi connectivity index (χ0v) is 25.4. The van der Waals surface area contributed by atoms with Crippen LogP contribution in [0.25, 0.3) is 0 Å². The van der Waals surface area contributed by atoms with Crippen LogP contribution >= 0.6 is 11.3 Å². The summed E-state index contributed by atoms with van der Waals surface area (Å²) in [6.07, 6.45) is -10.8. The number of aliphatic carboxylic acids is 3. The third kappa shape index (κ3) is 15.3. The molecule has 2 aromatic heterocycles. The number of aromatic nitrogens is 1. The first kappa shape index (κ1) is 41.5. The summed E-state index contributed by atoms with van der Waals surface area (Å²) in [5, 5.41) is 25.8. The van der Waals surface area contributed by atoms with Crippen LogP contribution in [0.5, 0.6) is 0 Å². The van der Waals surface area contributed by atoms with Gasteiger partial charge in [-0.25, -0.2) is 14.4 Å². The largest absolute Gasteiger partial charge is 0.490 e. The van der Waals surface area contributed by atoms with E-state index in [9.17, 15) is 39.5 Å². The zero-order chi connectivity index (χ0) is 36.1. The van der Waals surface area contributed by atoms with Crippen molar-refractivity contribution >= 4 is 29.2 Å². The molecule has 0 aliphatic carbocycles. The molecule has 0 saturated carbocycles. The highest BCUT2D eigenvalue weighted by atomic mass is 32.1. The number of hydrogen-bond acceptors (Lipinski definition) is 8. The summed E-state index contributed by atoms with van der Waals surface area (Å²) in [6, 6.07) is 8.47. The number of methoxy groups -OCH3 is 1. The maximum atomic E-state index is 10.6. The number of piperidine rings is 1. The van der Waals surface area contributed by atoms with Crippen molar-refractivity contribution in [1.29, 1.82) is 0 Å². The highest BCUT2D eigenvalue weighted by molar-refractivity contribution is 7.07. The van der Waals surface area contributed by atoms with Gasteiger partial charge in [-0.1, -0.05) is 6.07 Å². The van der Waals surface area contributed by atoms with Gasteiger partial charge in [-0.05, 0) is 65.9 Å². The number of pyridine rings is 1. The molecule has 2 fully saturated rings. The molecule has 0 amide bonds. The molecule has 10 nitrogen and oxygen atoms in total. The molecular formula is C27H32F9N3O7S. The quantitative estimate of drug-likeness (QED) is 0.334. The number of carboxylic acid groups (broad SMARTS) is 3. The smallest absolute Gasteiger partial charge is 0.475 e. The van der Waals surface area contributed by atoms with Crippen molar-refractivity contribution in [2.45, 2.75) is 44.5 Å². The first-order valence-electron chi connectivity index (χ1n) is 13.4. The maximum Gasteiger partial charge on any atom is 0.490 e. The monoisotopic (exact) mass is 713 g/mol. The molecule has 2 saturated heterocycles. The SMILES string of the molecule is COCC1CN(Cc2ccccn2)CC12CCN(Cc1ccsc1)CC2.O=C(O)C(F)(F)F.O=C(O)C(F)(F)F.O=C(O)C(F)(F)F. The lowest BCUT2D eigenvalue weighted by Crippen LogP contribution is -2.44. The van der Waals surface area contributed by atoms with E-state index < -0.39 is 36.4 Å². The Morgan fingerprint density at radius 1 is 0.872 bits per heavy atom. The van der Waals surface area contributed by atoms with E-state index in [0.717, 1.165) is 26.2 Å². The van der Waals surface area contributed by atoms with Gasteiger partial charge in [0.05, 0.1) is 12.3 Å². The van der Waals surface area contributed by atoms with Crippen LogP contribution in [0.2, 0.25) is 0 Å². The van der Waals surface area contributed by atoms with Crippen molar-refractivity contribution in [3.8, 4) is 0 Å². The first-order valence-corrected chi connectivity index (χ1v) is 14.3. The fourth-order valence-electron chi connectivity index (χ4n) is 4.78. The molecule has 0 radical (unpaired) electrons. The minimum Gasteiger partial charge on any atom is -0.475 e. The van der Waals surface area contributed by atoms with E-state index in [1.165, 1.54) is 43.7 Å². The molecule has 1 atom stereocenters. The second kappa shape index (κ2) is 18.2. The maximum absolute atomic E-state index is 10.6. The van der Waals surface area contributed by atoms with Crippen LogP contribution in [0.4, 0.5) is 39.5 Å². The summed E-state index contributed by atoms with van der Waals surface area (Å²) in [6.45, 7) is 7.66. The third-order valence-electron chi connectivity index (χ3n) is 6.93. The molecule has 4 heterocycles. The lowest BCUT2D eigenvalue weighted by atomic mass is 9.71. The fraction of sp³-hybridized carbons (Fsp3) is 0.556. The van der Waals surface area contributed by atoms with Gasteiger partial charge in [-0.2, -0.15) is 50.9 Å². The number of thiophene rings is 1. The van der Waals surface area contributed by atoms with Gasteiger partial charge in [0.15, 0.2) is 0 Å². The van der Waals surface area contributed by atoms with Crippen molar-refractivity contribution in [2.75, 3.05) is 39.9 Å². The second-order valence-corrected chi connectivity index (χ2v) is 11.1. The second-order valence-electron chi connectivity index (χ2n) is 10.3. The third-order valence-corrected chi connectivity index (χ3v) is 7.66. The van der Waals surface area contributed by atoms with Crippen molar-refractivity contribution in [2.24, 2.45) is 11.3 Å². The van der Waals surface area contributed by atoms with Gasteiger partial charge in [0.2, 0.25) is 0 Å². The van der Waals surface area contributed by atoms with E-state index in [1.54, 1.807) is 11.3 Å². The molecule has 4 rings (SSSR count). The highest BCUT2D eigenvalue weighted by Crippen LogP contribution is 2.45. The van der Waals surface area contributed by atoms with Gasteiger partial charge in [-0.15, -0.1) is 0 Å². The van der Waals surface area contributed by atoms with Crippen LogP contribution in [0, 0.1) is 11.3 Å². The van der Waals surface area contributed by atoms with Crippen molar-refractivity contribution < 1.29 is 74.0 Å². The normalized spacial score (nSPS) is 18.1. The van der Waals surface area contributed by atoms with E-state index in [-0.39, 0.29) is 0 Å². The number of rotatable bonds is 6. The van der Waals surface area contributed by atoms with Crippen LogP contribution in [-0.2, 0) is 32.2 Å². The number of alkyl halides is 9. The Bertz CT molecular complexity index is 1180. The van der Waals surface area contributed by atoms with Crippen LogP contribution < -0.4 is 0 Å². The topological polar surface area (TPSA) is 140 Å². The Hall–Kier alpha value is -3.49. The average Bonchev–Trinajstić information content (AvgIpc) is 3.58. The first-order chi connectivity index (χ1) is 21.6. The lowest BCUT2D eigenvalue weighted by Gasteiger charge is -2.42. The molecule has 0 bridgehead atoms. The highest BCUT2D eigenvalue weighted by Gasteiger charge is 2.47. The summed E-state index contributed by atoms with van der Waals surface area (Å²) in [5.41, 5.74) is 3.05. The molecule has 0 aromatic carbocycles. The van der Waals surface area contributed by atoms with Crippen LogP contribution in [0.1, 0.15) is 24.1 Å². The van der Waals surface area contributed by atoms with E-state index in [0.29, 0.717) is 11.3 Å². The summed E-state index contributed by atoms with van der Waals surface area (Å²) >= 11 is 1.80. The van der Waals surface area contributed by atoms with Crippen LogP contribution in [0.15, 0.2) is 41.2 Å². The predicted molar refractivity (Wildman–Crippen MR) is 147 cm³/mol. The van der Waals surface area contributed by atoms with E-state index >= 15 is 0 Å². The van der Waals surface area contributed by atoms with Gasteiger partial charge in [0.1, 0.15) is 0 Å². The van der Waals surface area contributed by atoms with Gasteiger partial charge in [-0.3, -0.25) is 14.8 Å². The Balaban J connectivity index is 0.000000430. The summed E-state index contributed by atoms with van der Waals surface area (Å²) in [7, 11) is 1.85. The van der Waals surface area contributed by atoms with E-state index in [2.05, 4.69) is 43.7 Å². The van der Waals surface area contributed by atoms with Gasteiger partial charge in [0.25, 0.3) is 0 Å². The zero-order valence-electron chi connectivity index (χ0n) is 24.6. The number of halogens is 9. The van der Waals surface area contributed by atoms with Gasteiger partial charge in [0, 0.05) is 45.4 Å². The fourth-order valence-corrected chi connectivity index (χ4v) is 5.44. The summed E-state index contributed by atoms with van der Waals surface area (Å²) < 4.78 is 101.